The first-order valence-corrected chi connectivity index (χ1v) is 12.2. The van der Waals surface area contributed by atoms with E-state index in [0.29, 0.717) is 11.8 Å². The number of hydrogen-bond acceptors (Lipinski definition) is 4. The number of nitrogens with zero attached hydrogens (tertiary/aromatic N) is 1. The zero-order chi connectivity index (χ0) is 21.9. The molecular weight excluding hydrogens is 382 g/mol. The summed E-state index contributed by atoms with van der Waals surface area (Å²) in [5, 5.41) is 13.6. The van der Waals surface area contributed by atoms with Gasteiger partial charge in [-0.3, -0.25) is 4.90 Å². The van der Waals surface area contributed by atoms with E-state index in [1.54, 1.807) is 0 Å². The monoisotopic (exact) mass is 423 g/mol. The molecule has 0 aromatic heterocycles. The molecule has 3 rings (SSSR count). The van der Waals surface area contributed by atoms with Crippen LogP contribution in [0.5, 0.6) is 5.75 Å². The van der Waals surface area contributed by atoms with Gasteiger partial charge < -0.3 is 16.2 Å². The van der Waals surface area contributed by atoms with Gasteiger partial charge >= 0.3 is 0 Å². The van der Waals surface area contributed by atoms with Crippen molar-refractivity contribution in [2.24, 2.45) is 11.7 Å². The Bertz CT molecular complexity index is 726. The summed E-state index contributed by atoms with van der Waals surface area (Å²) in [5.74, 6) is 1.12. The van der Waals surface area contributed by atoms with Gasteiger partial charge in [0.05, 0.1) is 0 Å². The Morgan fingerprint density at radius 2 is 1.65 bits per heavy atom. The van der Waals surface area contributed by atoms with Gasteiger partial charge in [-0.2, -0.15) is 0 Å². The van der Waals surface area contributed by atoms with Crippen molar-refractivity contribution in [2.45, 2.75) is 64.0 Å². The second-order valence-electron chi connectivity index (χ2n) is 9.14. The number of phenolic OH excluding ortho intramolecular Hbond substituents is 1. The molecule has 1 aliphatic rings. The van der Waals surface area contributed by atoms with Crippen LogP contribution < -0.4 is 11.1 Å². The van der Waals surface area contributed by atoms with Crippen LogP contribution in [-0.2, 0) is 6.42 Å². The van der Waals surface area contributed by atoms with Crippen LogP contribution in [-0.4, -0.2) is 42.2 Å². The summed E-state index contributed by atoms with van der Waals surface area (Å²) >= 11 is 0. The molecule has 31 heavy (non-hydrogen) atoms. The molecule has 0 amide bonds. The molecule has 4 N–H and O–H groups in total. The van der Waals surface area contributed by atoms with Crippen molar-refractivity contribution in [3.8, 4) is 5.75 Å². The highest BCUT2D eigenvalue weighted by atomic mass is 16.3. The Balaban J connectivity index is 1.54. The summed E-state index contributed by atoms with van der Waals surface area (Å²) in [6.07, 6.45) is 8.47. The van der Waals surface area contributed by atoms with Crippen molar-refractivity contribution in [1.82, 2.24) is 10.2 Å². The molecular formula is C27H41N3O. The van der Waals surface area contributed by atoms with Crippen molar-refractivity contribution in [3.05, 3.63) is 65.7 Å². The van der Waals surface area contributed by atoms with E-state index in [9.17, 15) is 5.11 Å². The van der Waals surface area contributed by atoms with E-state index in [1.807, 2.05) is 12.1 Å². The smallest absolute Gasteiger partial charge is 0.115 e. The van der Waals surface area contributed by atoms with Crippen molar-refractivity contribution < 1.29 is 5.11 Å². The lowest BCUT2D eigenvalue weighted by Gasteiger charge is -2.40. The van der Waals surface area contributed by atoms with Gasteiger partial charge in [-0.1, -0.05) is 55.3 Å². The minimum Gasteiger partial charge on any atom is -0.508 e. The summed E-state index contributed by atoms with van der Waals surface area (Å²) < 4.78 is 0. The quantitative estimate of drug-likeness (QED) is 0.426. The van der Waals surface area contributed by atoms with Gasteiger partial charge in [0.1, 0.15) is 5.75 Å². The lowest BCUT2D eigenvalue weighted by molar-refractivity contribution is 0.115. The highest BCUT2D eigenvalue weighted by Gasteiger charge is 2.28. The fourth-order valence-electron chi connectivity index (χ4n) is 4.85. The fourth-order valence-corrected chi connectivity index (χ4v) is 4.85. The molecule has 0 radical (unpaired) electrons. The summed E-state index contributed by atoms with van der Waals surface area (Å²) in [7, 11) is 0. The maximum atomic E-state index is 9.73. The third-order valence-electron chi connectivity index (χ3n) is 6.82. The van der Waals surface area contributed by atoms with Gasteiger partial charge in [0.15, 0.2) is 0 Å². The van der Waals surface area contributed by atoms with Crippen LogP contribution in [0.25, 0.3) is 0 Å². The first-order valence-electron chi connectivity index (χ1n) is 12.2. The van der Waals surface area contributed by atoms with E-state index in [1.165, 1.54) is 49.7 Å². The van der Waals surface area contributed by atoms with E-state index in [0.717, 1.165) is 38.5 Å². The van der Waals surface area contributed by atoms with Crippen LogP contribution in [0.1, 0.15) is 62.6 Å². The number of nitrogens with two attached hydrogens (primary N) is 1. The van der Waals surface area contributed by atoms with Crippen molar-refractivity contribution >= 4 is 0 Å². The first kappa shape index (κ1) is 23.8. The predicted octanol–water partition coefficient (Wildman–Crippen LogP) is 4.89. The summed E-state index contributed by atoms with van der Waals surface area (Å²) in [6, 6.07) is 19.4. The average Bonchev–Trinajstić information content (AvgIpc) is 2.80. The fraction of sp³-hybridized carbons (Fsp3) is 0.556. The molecule has 0 spiro atoms. The van der Waals surface area contributed by atoms with Gasteiger partial charge in [0.25, 0.3) is 0 Å². The summed E-state index contributed by atoms with van der Waals surface area (Å²) in [4.78, 5) is 2.65. The van der Waals surface area contributed by atoms with Crippen molar-refractivity contribution in [3.63, 3.8) is 0 Å². The van der Waals surface area contributed by atoms with Crippen LogP contribution in [0, 0.1) is 5.92 Å². The van der Waals surface area contributed by atoms with Gasteiger partial charge in [-0.15, -0.1) is 0 Å². The highest BCUT2D eigenvalue weighted by molar-refractivity contribution is 5.29. The van der Waals surface area contributed by atoms with E-state index >= 15 is 0 Å². The maximum Gasteiger partial charge on any atom is 0.115 e. The van der Waals surface area contributed by atoms with Gasteiger partial charge in [-0.25, -0.2) is 0 Å². The Morgan fingerprint density at radius 3 is 2.32 bits per heavy atom. The number of benzene rings is 2. The zero-order valence-corrected chi connectivity index (χ0v) is 19.2. The number of rotatable bonds is 12. The number of likely N-dealkylation sites (tertiary alicyclic amines) is 1. The summed E-state index contributed by atoms with van der Waals surface area (Å²) in [6.45, 7) is 6.49. The largest absolute Gasteiger partial charge is 0.508 e. The molecule has 170 valence electrons. The van der Waals surface area contributed by atoms with Crippen LogP contribution in [0.4, 0.5) is 0 Å². The van der Waals surface area contributed by atoms with E-state index in [4.69, 9.17) is 5.73 Å². The van der Waals surface area contributed by atoms with Crippen LogP contribution >= 0.6 is 0 Å². The lowest BCUT2D eigenvalue weighted by Crippen LogP contribution is -2.47. The Morgan fingerprint density at radius 1 is 0.968 bits per heavy atom. The Kier molecular flexibility index (Phi) is 9.85. The van der Waals surface area contributed by atoms with Crippen LogP contribution in [0.15, 0.2) is 54.6 Å². The van der Waals surface area contributed by atoms with E-state index in [2.05, 4.69) is 59.6 Å². The third kappa shape index (κ3) is 7.64. The number of unbranched alkanes of at least 4 members (excludes halogenated alkanes) is 3. The third-order valence-corrected chi connectivity index (χ3v) is 6.82. The summed E-state index contributed by atoms with van der Waals surface area (Å²) in [5.41, 5.74) is 8.34. The first-order chi connectivity index (χ1) is 15.2. The zero-order valence-electron chi connectivity index (χ0n) is 19.2. The van der Waals surface area contributed by atoms with Crippen molar-refractivity contribution in [2.75, 3.05) is 26.2 Å². The molecule has 1 fully saturated rings. The topological polar surface area (TPSA) is 61.5 Å². The second-order valence-corrected chi connectivity index (χ2v) is 9.14. The Hall–Kier alpha value is -1.88. The molecule has 1 aliphatic heterocycles. The molecule has 1 heterocycles. The molecule has 4 heteroatoms. The molecule has 2 atom stereocenters. The highest BCUT2D eigenvalue weighted by Crippen LogP contribution is 2.28. The minimum atomic E-state index is 0.279. The molecule has 4 nitrogen and oxygen atoms in total. The molecule has 0 unspecified atom stereocenters. The number of nitrogens with one attached hydrogen (secondary N) is 1. The van der Waals surface area contributed by atoms with E-state index in [-0.39, 0.29) is 6.04 Å². The normalized spacial score (nSPS) is 17.5. The van der Waals surface area contributed by atoms with Gasteiger partial charge in [0, 0.05) is 12.1 Å². The average molecular weight is 424 g/mol. The van der Waals surface area contributed by atoms with Crippen molar-refractivity contribution in [1.29, 1.82) is 0 Å². The standard InChI is InChI=1S/C27H41N3O/c1-22(30-19-15-24(16-20-30)21-23-9-5-4-6-10-23)27(25-11-13-26(31)14-12-25)29-18-8-3-2-7-17-28/h4-6,9-14,22,24,27,29,31H,2-3,7-8,15-21,28H2,1H3/t22-,27-/m1/s1. The Labute approximate surface area is 188 Å². The minimum absolute atomic E-state index is 0.279. The number of phenols is 1. The van der Waals surface area contributed by atoms with E-state index < -0.39 is 0 Å². The number of aromatic hydroxyl groups is 1. The predicted molar refractivity (Wildman–Crippen MR) is 130 cm³/mol. The second kappa shape index (κ2) is 12.8. The van der Waals surface area contributed by atoms with Gasteiger partial charge in [-0.05, 0) is 94.4 Å². The van der Waals surface area contributed by atoms with Crippen LogP contribution in [0.3, 0.4) is 0 Å². The van der Waals surface area contributed by atoms with Crippen LogP contribution in [0.2, 0.25) is 0 Å². The molecule has 0 aliphatic carbocycles. The molecule has 1 saturated heterocycles. The molecule has 2 aromatic rings. The molecule has 0 saturated carbocycles. The number of hydrogen-bond donors (Lipinski definition) is 3. The number of piperidine rings is 1. The molecule has 0 bridgehead atoms. The SMILES string of the molecule is C[C@H]([C@@H](NCCCCCCN)c1ccc(O)cc1)N1CCC(Cc2ccccc2)CC1. The molecule has 2 aromatic carbocycles. The van der Waals surface area contributed by atoms with Gasteiger partial charge in [0.2, 0.25) is 0 Å². The maximum absolute atomic E-state index is 9.73. The lowest BCUT2D eigenvalue weighted by atomic mass is 9.88.